The minimum absolute atomic E-state index is 0.00346. The lowest BCUT2D eigenvalue weighted by Gasteiger charge is -2.38. The molecule has 202 valence electrons. The van der Waals surface area contributed by atoms with Crippen molar-refractivity contribution in [3.05, 3.63) is 23.3 Å². The highest BCUT2D eigenvalue weighted by molar-refractivity contribution is 5.05. The molecule has 0 radical (unpaired) electrons. The van der Waals surface area contributed by atoms with Crippen molar-refractivity contribution in [2.24, 2.45) is 0 Å². The van der Waals surface area contributed by atoms with Crippen LogP contribution in [0.2, 0.25) is 0 Å². The van der Waals surface area contributed by atoms with E-state index < -0.39 is 11.2 Å². The fourth-order valence-electron chi connectivity index (χ4n) is 6.23. The molecule has 0 saturated carbocycles. The van der Waals surface area contributed by atoms with Crippen LogP contribution in [0.4, 0.5) is 0 Å². The lowest BCUT2D eigenvalue weighted by Crippen LogP contribution is -2.47. The van der Waals surface area contributed by atoms with E-state index in [0.717, 1.165) is 51.4 Å². The second-order valence-electron chi connectivity index (χ2n) is 13.0. The fourth-order valence-corrected chi connectivity index (χ4v) is 6.23. The number of allylic oxidation sites excluding steroid dienone is 4. The van der Waals surface area contributed by atoms with Crippen LogP contribution in [0.5, 0.6) is 0 Å². The Morgan fingerprint density at radius 3 is 1.46 bits per heavy atom. The summed E-state index contributed by atoms with van der Waals surface area (Å²) in [7, 11) is 0. The van der Waals surface area contributed by atoms with E-state index in [0.29, 0.717) is 12.8 Å². The summed E-state index contributed by atoms with van der Waals surface area (Å²) in [5.74, 6) is 0. The van der Waals surface area contributed by atoms with Crippen molar-refractivity contribution in [1.82, 2.24) is 0 Å². The van der Waals surface area contributed by atoms with Gasteiger partial charge in [0.15, 0.2) is 0 Å². The fraction of sp³-hybridized carbons (Fsp3) is 0.867. The summed E-state index contributed by atoms with van der Waals surface area (Å²) in [5, 5.41) is 22.2. The van der Waals surface area contributed by atoms with Crippen LogP contribution in [-0.2, 0) is 14.2 Å². The summed E-state index contributed by atoms with van der Waals surface area (Å²) in [4.78, 5) is 0. The second kappa shape index (κ2) is 10.9. The maximum absolute atomic E-state index is 11.1. The van der Waals surface area contributed by atoms with Gasteiger partial charge in [-0.05, 0) is 120 Å². The van der Waals surface area contributed by atoms with E-state index in [9.17, 15) is 10.2 Å². The molecule has 3 saturated heterocycles. The highest BCUT2D eigenvalue weighted by Gasteiger charge is 2.55. The van der Waals surface area contributed by atoms with Gasteiger partial charge in [-0.3, -0.25) is 0 Å². The normalized spacial score (nSPS) is 38.7. The van der Waals surface area contributed by atoms with Crippen LogP contribution in [0.3, 0.4) is 0 Å². The summed E-state index contributed by atoms with van der Waals surface area (Å²) in [6, 6.07) is 0. The van der Waals surface area contributed by atoms with Gasteiger partial charge < -0.3 is 24.4 Å². The molecule has 3 aliphatic rings. The molecular formula is C30H52O5. The first kappa shape index (κ1) is 28.8. The molecule has 3 heterocycles. The minimum Gasteiger partial charge on any atom is -0.387 e. The predicted molar refractivity (Wildman–Crippen MR) is 141 cm³/mol. The molecule has 8 atom stereocenters. The first-order chi connectivity index (χ1) is 16.2. The molecule has 0 aliphatic carbocycles. The van der Waals surface area contributed by atoms with Crippen molar-refractivity contribution < 1.29 is 24.4 Å². The highest BCUT2D eigenvalue weighted by atomic mass is 16.6. The largest absolute Gasteiger partial charge is 0.387 e. The zero-order valence-electron chi connectivity index (χ0n) is 23.7. The van der Waals surface area contributed by atoms with Gasteiger partial charge in [0.1, 0.15) is 0 Å². The zero-order chi connectivity index (χ0) is 26.1. The molecule has 3 fully saturated rings. The average molecular weight is 493 g/mol. The SMILES string of the molecule is CC(C)=CCC[C@](C)(O)[C@H]1CC[C@](C)([C@@H]2CC[C@H]([C@]3(C)CC[C@@H]([C@](C)(O)CCC=C(C)C)O3)O2)O1. The van der Waals surface area contributed by atoms with Crippen LogP contribution < -0.4 is 0 Å². The topological polar surface area (TPSA) is 68.2 Å². The predicted octanol–water partition coefficient (Wildman–Crippen LogP) is 6.40. The zero-order valence-corrected chi connectivity index (χ0v) is 23.7. The van der Waals surface area contributed by atoms with Crippen molar-refractivity contribution in [3.63, 3.8) is 0 Å². The lowest BCUT2D eigenvalue weighted by molar-refractivity contribution is -0.199. The van der Waals surface area contributed by atoms with Crippen LogP contribution in [-0.4, -0.2) is 57.0 Å². The average Bonchev–Trinajstić information content (AvgIpc) is 3.46. The Morgan fingerprint density at radius 2 is 1.11 bits per heavy atom. The molecule has 2 N–H and O–H groups in total. The van der Waals surface area contributed by atoms with Gasteiger partial charge in [-0.2, -0.15) is 0 Å². The molecule has 0 aromatic carbocycles. The van der Waals surface area contributed by atoms with E-state index in [-0.39, 0.29) is 35.6 Å². The number of hydrogen-bond acceptors (Lipinski definition) is 5. The minimum atomic E-state index is -0.841. The van der Waals surface area contributed by atoms with Crippen LogP contribution in [0.1, 0.15) is 120 Å². The standard InChI is InChI=1S/C30H52O5/c1-21(2)11-9-17-27(5,31)23-15-19-29(7,34-23)25-13-14-26(33-25)30(8)20-16-24(35-30)28(6,32)18-10-12-22(3)4/h11-12,23-26,31-32H,9-10,13-20H2,1-8H3/t23-,24+,25+,26-,27+,28-,29-,30+. The van der Waals surface area contributed by atoms with Crippen molar-refractivity contribution in [3.8, 4) is 0 Å². The maximum Gasteiger partial charge on any atom is 0.0921 e. The van der Waals surface area contributed by atoms with E-state index in [1.165, 1.54) is 11.1 Å². The van der Waals surface area contributed by atoms with Crippen molar-refractivity contribution >= 4 is 0 Å². The first-order valence-corrected chi connectivity index (χ1v) is 13.9. The molecule has 0 aromatic rings. The van der Waals surface area contributed by atoms with Gasteiger partial charge >= 0.3 is 0 Å². The molecule has 5 heteroatoms. The number of hydrogen-bond donors (Lipinski definition) is 2. The third kappa shape index (κ3) is 6.98. The maximum atomic E-state index is 11.1. The molecule has 0 amide bonds. The molecule has 3 aliphatic heterocycles. The van der Waals surface area contributed by atoms with E-state index in [2.05, 4.69) is 53.7 Å². The Kier molecular flexibility index (Phi) is 9.02. The third-order valence-corrected chi connectivity index (χ3v) is 8.80. The monoisotopic (exact) mass is 492 g/mol. The molecule has 5 nitrogen and oxygen atoms in total. The number of rotatable bonds is 10. The van der Waals surface area contributed by atoms with E-state index >= 15 is 0 Å². The molecule has 0 unspecified atom stereocenters. The van der Waals surface area contributed by atoms with Gasteiger partial charge in [0.25, 0.3) is 0 Å². The molecule has 35 heavy (non-hydrogen) atoms. The lowest BCUT2D eigenvalue weighted by atomic mass is 9.88. The van der Waals surface area contributed by atoms with Crippen LogP contribution in [0.25, 0.3) is 0 Å². The van der Waals surface area contributed by atoms with Crippen molar-refractivity contribution in [2.45, 2.75) is 166 Å². The van der Waals surface area contributed by atoms with Crippen molar-refractivity contribution in [1.29, 1.82) is 0 Å². The first-order valence-electron chi connectivity index (χ1n) is 13.9. The molecule has 3 rings (SSSR count). The Morgan fingerprint density at radius 1 is 0.743 bits per heavy atom. The number of aliphatic hydroxyl groups is 2. The molecular weight excluding hydrogens is 440 g/mol. The van der Waals surface area contributed by atoms with Gasteiger partial charge in [0.05, 0.1) is 46.8 Å². The van der Waals surface area contributed by atoms with Crippen LogP contribution in [0, 0.1) is 0 Å². The van der Waals surface area contributed by atoms with Gasteiger partial charge in [-0.25, -0.2) is 0 Å². The molecule has 0 aromatic heterocycles. The quantitative estimate of drug-likeness (QED) is 0.345. The summed E-state index contributed by atoms with van der Waals surface area (Å²) < 4.78 is 19.8. The third-order valence-electron chi connectivity index (χ3n) is 8.80. The van der Waals surface area contributed by atoms with Crippen LogP contribution in [0.15, 0.2) is 23.3 Å². The Balaban J connectivity index is 1.56. The van der Waals surface area contributed by atoms with Crippen molar-refractivity contribution in [2.75, 3.05) is 0 Å². The van der Waals surface area contributed by atoms with E-state index in [1.54, 1.807) is 0 Å². The molecule has 0 spiro atoms. The second-order valence-corrected chi connectivity index (χ2v) is 13.0. The van der Waals surface area contributed by atoms with Gasteiger partial charge in [-0.1, -0.05) is 23.3 Å². The Labute approximate surface area is 214 Å². The Bertz CT molecular complexity index is 712. The van der Waals surface area contributed by atoms with Gasteiger partial charge in [0.2, 0.25) is 0 Å². The van der Waals surface area contributed by atoms with Gasteiger partial charge in [-0.15, -0.1) is 0 Å². The summed E-state index contributed by atoms with van der Waals surface area (Å²) in [5.41, 5.74) is 0.109. The Hall–Kier alpha value is -0.720. The van der Waals surface area contributed by atoms with E-state index in [4.69, 9.17) is 14.2 Å². The van der Waals surface area contributed by atoms with Gasteiger partial charge in [0, 0.05) is 0 Å². The van der Waals surface area contributed by atoms with E-state index in [1.807, 2.05) is 13.8 Å². The van der Waals surface area contributed by atoms with Crippen LogP contribution >= 0.6 is 0 Å². The molecule has 0 bridgehead atoms. The highest BCUT2D eigenvalue weighted by Crippen LogP contribution is 2.48. The summed E-state index contributed by atoms with van der Waals surface area (Å²) >= 11 is 0. The smallest absolute Gasteiger partial charge is 0.0921 e. The summed E-state index contributed by atoms with van der Waals surface area (Å²) in [6.45, 7) is 16.5. The number of ether oxygens (including phenoxy) is 3. The summed E-state index contributed by atoms with van der Waals surface area (Å²) in [6.07, 6.45) is 12.5.